The van der Waals surface area contributed by atoms with E-state index < -0.39 is 0 Å². The van der Waals surface area contributed by atoms with Crippen LogP contribution in [0.15, 0.2) is 36.8 Å². The Labute approximate surface area is 157 Å². The largest absolute Gasteiger partial charge is 0.355 e. The molecule has 1 aromatic carbocycles. The number of aromatic amines is 1. The lowest BCUT2D eigenvalue weighted by Gasteiger charge is -2.22. The fraction of sp³-hybridized carbons (Fsp3) is 0.421. The number of imidazole rings is 1. The summed E-state index contributed by atoms with van der Waals surface area (Å²) >= 11 is 0. The molecule has 0 radical (unpaired) electrons. The molecule has 1 aromatic heterocycles. The monoisotopic (exact) mass is 373 g/mol. The molecular weight excluding hydrogens is 349 g/mol. The van der Waals surface area contributed by atoms with Crippen LogP contribution in [0.2, 0.25) is 0 Å². The number of nitrogens with one attached hydrogen (secondary N) is 3. The first-order valence-corrected chi connectivity index (χ1v) is 9.08. The highest BCUT2D eigenvalue weighted by Crippen LogP contribution is 2.21. The van der Waals surface area contributed by atoms with Crippen molar-refractivity contribution in [2.75, 3.05) is 13.1 Å². The molecule has 2 atom stereocenters. The second-order valence-electron chi connectivity index (χ2n) is 6.68. The van der Waals surface area contributed by atoms with Crippen molar-refractivity contribution in [2.45, 2.75) is 38.4 Å². The Morgan fingerprint density at radius 3 is 2.89 bits per heavy atom. The summed E-state index contributed by atoms with van der Waals surface area (Å²) in [6.07, 6.45) is 3.82. The predicted molar refractivity (Wildman–Crippen MR) is 98.1 cm³/mol. The number of likely N-dealkylation sites (tertiary alicyclic amines) is 1. The third-order valence-corrected chi connectivity index (χ3v) is 4.66. The lowest BCUT2D eigenvalue weighted by atomic mass is 10.1. The Morgan fingerprint density at radius 1 is 1.37 bits per heavy atom. The van der Waals surface area contributed by atoms with Gasteiger partial charge in [-0.2, -0.15) is 0 Å². The molecule has 0 saturated carbocycles. The number of carbonyl (C=O) groups is 2. The number of nitrogens with zero attached hydrogens (tertiary/aromatic N) is 2. The van der Waals surface area contributed by atoms with Crippen LogP contribution in [0.25, 0.3) is 0 Å². The van der Waals surface area contributed by atoms with E-state index in [1.54, 1.807) is 30.7 Å². The van der Waals surface area contributed by atoms with E-state index in [-0.39, 0.29) is 36.1 Å². The molecule has 1 aliphatic rings. The van der Waals surface area contributed by atoms with E-state index in [0.717, 1.165) is 5.69 Å². The van der Waals surface area contributed by atoms with Crippen molar-refractivity contribution >= 4 is 11.8 Å². The van der Waals surface area contributed by atoms with Gasteiger partial charge in [0.2, 0.25) is 11.8 Å². The maximum atomic E-state index is 13.7. The zero-order chi connectivity index (χ0) is 19.2. The number of carbonyl (C=O) groups excluding carboxylic acids is 2. The van der Waals surface area contributed by atoms with Gasteiger partial charge in [0, 0.05) is 37.6 Å². The number of aromatic nitrogens is 2. The summed E-state index contributed by atoms with van der Waals surface area (Å²) in [5, 5.41) is 5.79. The summed E-state index contributed by atoms with van der Waals surface area (Å²) in [5.74, 6) is -0.689. The molecule has 0 bridgehead atoms. The number of rotatable bonds is 7. The van der Waals surface area contributed by atoms with Gasteiger partial charge in [-0.3, -0.25) is 14.5 Å². The standard InChI is InChI=1S/C19H24FN5O2/c1-2-22-19(27)17-8-14(10-25(17)11-15-9-21-12-23-15)24-18(26)7-13-5-3-4-6-16(13)20/h3-6,9,12,14,17H,2,7-8,10-11H2,1H3,(H,21,23)(H,22,27)(H,24,26). The molecule has 2 unspecified atom stereocenters. The molecule has 0 aliphatic carbocycles. The third kappa shape index (κ3) is 4.91. The molecule has 2 amide bonds. The van der Waals surface area contributed by atoms with Crippen molar-refractivity contribution in [2.24, 2.45) is 0 Å². The molecule has 3 N–H and O–H groups in total. The number of hydrogen-bond donors (Lipinski definition) is 3. The van der Waals surface area contributed by atoms with Gasteiger partial charge >= 0.3 is 0 Å². The maximum Gasteiger partial charge on any atom is 0.237 e. The van der Waals surface area contributed by atoms with Crippen LogP contribution in [0.5, 0.6) is 0 Å². The Bertz CT molecular complexity index is 780. The van der Waals surface area contributed by atoms with Gasteiger partial charge in [0.1, 0.15) is 5.82 Å². The minimum absolute atomic E-state index is 0.0183. The Balaban J connectivity index is 1.62. The van der Waals surface area contributed by atoms with Gasteiger partial charge in [0.15, 0.2) is 0 Å². The Hall–Kier alpha value is -2.74. The van der Waals surface area contributed by atoms with Crippen molar-refractivity contribution in [1.82, 2.24) is 25.5 Å². The minimum Gasteiger partial charge on any atom is -0.355 e. The van der Waals surface area contributed by atoms with Crippen LogP contribution in [-0.2, 0) is 22.6 Å². The quantitative estimate of drug-likeness (QED) is 0.675. The van der Waals surface area contributed by atoms with Crippen molar-refractivity contribution in [3.8, 4) is 0 Å². The third-order valence-electron chi connectivity index (χ3n) is 4.66. The van der Waals surface area contributed by atoms with Gasteiger partial charge in [0.05, 0.1) is 18.8 Å². The van der Waals surface area contributed by atoms with Gasteiger partial charge in [0.25, 0.3) is 0 Å². The van der Waals surface area contributed by atoms with Gasteiger partial charge in [-0.1, -0.05) is 18.2 Å². The predicted octanol–water partition coefficient (Wildman–Crippen LogP) is 0.987. The molecule has 3 rings (SSSR count). The van der Waals surface area contributed by atoms with Crippen molar-refractivity contribution < 1.29 is 14.0 Å². The number of H-pyrrole nitrogens is 1. The van der Waals surface area contributed by atoms with Gasteiger partial charge < -0.3 is 15.6 Å². The second kappa shape index (κ2) is 8.77. The lowest BCUT2D eigenvalue weighted by Crippen LogP contribution is -2.42. The van der Waals surface area contributed by atoms with E-state index in [1.807, 2.05) is 11.8 Å². The molecule has 1 saturated heterocycles. The molecule has 144 valence electrons. The van der Waals surface area contributed by atoms with Crippen LogP contribution < -0.4 is 10.6 Å². The summed E-state index contributed by atoms with van der Waals surface area (Å²) < 4.78 is 13.7. The van der Waals surface area contributed by atoms with Crippen molar-refractivity contribution in [3.05, 3.63) is 53.9 Å². The zero-order valence-corrected chi connectivity index (χ0v) is 15.2. The van der Waals surface area contributed by atoms with Crippen LogP contribution in [0.3, 0.4) is 0 Å². The van der Waals surface area contributed by atoms with Crippen molar-refractivity contribution in [3.63, 3.8) is 0 Å². The van der Waals surface area contributed by atoms with E-state index in [2.05, 4.69) is 20.6 Å². The maximum absolute atomic E-state index is 13.7. The first kappa shape index (κ1) is 19.0. The molecule has 2 heterocycles. The summed E-state index contributed by atoms with van der Waals surface area (Å²) in [7, 11) is 0. The minimum atomic E-state index is -0.389. The molecular formula is C19H24FN5O2. The average molecular weight is 373 g/mol. The first-order valence-electron chi connectivity index (χ1n) is 9.08. The normalized spacial score (nSPS) is 19.8. The van der Waals surface area contributed by atoms with Crippen LogP contribution in [0.1, 0.15) is 24.6 Å². The van der Waals surface area contributed by atoms with Gasteiger partial charge in [-0.25, -0.2) is 9.37 Å². The smallest absolute Gasteiger partial charge is 0.237 e. The van der Waals surface area contributed by atoms with Gasteiger partial charge in [-0.15, -0.1) is 0 Å². The molecule has 1 aliphatic heterocycles. The lowest BCUT2D eigenvalue weighted by molar-refractivity contribution is -0.125. The number of hydrogen-bond acceptors (Lipinski definition) is 4. The number of likely N-dealkylation sites (N-methyl/N-ethyl adjacent to an activating group) is 1. The Kier molecular flexibility index (Phi) is 6.18. The highest BCUT2D eigenvalue weighted by molar-refractivity contribution is 5.83. The fourth-order valence-electron chi connectivity index (χ4n) is 3.43. The fourth-order valence-corrected chi connectivity index (χ4v) is 3.43. The van der Waals surface area contributed by atoms with Crippen molar-refractivity contribution in [1.29, 1.82) is 0 Å². The summed E-state index contributed by atoms with van der Waals surface area (Å²) in [5.41, 5.74) is 1.27. The van der Waals surface area contributed by atoms with Crippen LogP contribution >= 0.6 is 0 Å². The molecule has 27 heavy (non-hydrogen) atoms. The number of benzene rings is 1. The topological polar surface area (TPSA) is 90.1 Å². The van der Waals surface area contributed by atoms with E-state index in [4.69, 9.17) is 0 Å². The highest BCUT2D eigenvalue weighted by Gasteiger charge is 2.37. The molecule has 7 nitrogen and oxygen atoms in total. The van der Waals surface area contributed by atoms with E-state index >= 15 is 0 Å². The number of halogens is 1. The summed E-state index contributed by atoms with van der Waals surface area (Å²) in [6, 6.07) is 5.75. The molecule has 8 heteroatoms. The molecule has 0 spiro atoms. The molecule has 2 aromatic rings. The number of amides is 2. The first-order chi connectivity index (χ1) is 13.1. The highest BCUT2D eigenvalue weighted by atomic mass is 19.1. The van der Waals surface area contributed by atoms with E-state index in [1.165, 1.54) is 6.07 Å². The van der Waals surface area contributed by atoms with E-state index in [9.17, 15) is 14.0 Å². The summed E-state index contributed by atoms with van der Waals surface area (Å²) in [6.45, 7) is 3.52. The zero-order valence-electron chi connectivity index (χ0n) is 15.2. The van der Waals surface area contributed by atoms with Crippen LogP contribution in [-0.4, -0.2) is 51.9 Å². The van der Waals surface area contributed by atoms with Gasteiger partial charge in [-0.05, 0) is 25.0 Å². The Morgan fingerprint density at radius 2 is 2.19 bits per heavy atom. The average Bonchev–Trinajstić information content (AvgIpc) is 3.27. The van der Waals surface area contributed by atoms with Crippen LogP contribution in [0, 0.1) is 5.82 Å². The molecule has 1 fully saturated rings. The SMILES string of the molecule is CCNC(=O)C1CC(NC(=O)Cc2ccccc2F)CN1Cc1cnc[nH]1. The summed E-state index contributed by atoms with van der Waals surface area (Å²) in [4.78, 5) is 33.8. The van der Waals surface area contributed by atoms with Crippen LogP contribution in [0.4, 0.5) is 4.39 Å². The van der Waals surface area contributed by atoms with E-state index in [0.29, 0.717) is 31.6 Å². The second-order valence-corrected chi connectivity index (χ2v) is 6.68.